The van der Waals surface area contributed by atoms with E-state index in [-0.39, 0.29) is 6.61 Å². The van der Waals surface area contributed by atoms with Gasteiger partial charge >= 0.3 is 5.97 Å². The maximum atomic E-state index is 12.5. The highest BCUT2D eigenvalue weighted by atomic mass is 79.9. The summed E-state index contributed by atoms with van der Waals surface area (Å²) in [5.41, 5.74) is 3.13. The maximum absolute atomic E-state index is 12.5. The molecule has 0 saturated heterocycles. The summed E-state index contributed by atoms with van der Waals surface area (Å²) in [6, 6.07) is 11.2. The van der Waals surface area contributed by atoms with E-state index in [1.54, 1.807) is 18.5 Å². The van der Waals surface area contributed by atoms with Crippen LogP contribution in [0.3, 0.4) is 0 Å². The number of carbonyl (C=O) groups excluding carboxylic acids is 1. The van der Waals surface area contributed by atoms with Crippen molar-refractivity contribution in [2.24, 2.45) is 4.99 Å². The van der Waals surface area contributed by atoms with Crippen molar-refractivity contribution in [2.75, 3.05) is 20.7 Å². The van der Waals surface area contributed by atoms with E-state index in [1.165, 1.54) is 7.11 Å². The number of esters is 1. The van der Waals surface area contributed by atoms with Crippen molar-refractivity contribution in [1.82, 2.24) is 4.90 Å². The van der Waals surface area contributed by atoms with Gasteiger partial charge in [0.15, 0.2) is 0 Å². The van der Waals surface area contributed by atoms with Gasteiger partial charge in [-0.15, -0.1) is 0 Å². The number of halogens is 1. The zero-order valence-electron chi connectivity index (χ0n) is 15.5. The summed E-state index contributed by atoms with van der Waals surface area (Å²) in [5, 5.41) is 0. The molecule has 0 N–H and O–H groups in total. The Bertz CT molecular complexity index is 788. The minimum absolute atomic E-state index is 0.209. The van der Waals surface area contributed by atoms with E-state index in [2.05, 4.69) is 20.9 Å². The van der Waals surface area contributed by atoms with Crippen molar-refractivity contribution >= 4 is 33.9 Å². The average Bonchev–Trinajstić information content (AvgIpc) is 2.65. The Morgan fingerprint density at radius 3 is 2.58 bits per heavy atom. The summed E-state index contributed by atoms with van der Waals surface area (Å²) in [5.74, 6) is -0.0160. The van der Waals surface area contributed by atoms with Crippen LogP contribution in [-0.4, -0.2) is 37.9 Å². The van der Waals surface area contributed by atoms with E-state index >= 15 is 0 Å². The van der Waals surface area contributed by atoms with Gasteiger partial charge in [0.1, 0.15) is 17.9 Å². The molecular weight excluding hydrogens is 396 g/mol. The Hall–Kier alpha value is -2.34. The smallest absolute Gasteiger partial charge is 0.342 e. The van der Waals surface area contributed by atoms with Crippen molar-refractivity contribution < 1.29 is 14.3 Å². The van der Waals surface area contributed by atoms with Crippen LogP contribution in [0.15, 0.2) is 45.9 Å². The minimum atomic E-state index is -0.440. The molecule has 0 bridgehead atoms. The van der Waals surface area contributed by atoms with Crippen LogP contribution in [0.4, 0.5) is 5.69 Å². The molecule has 26 heavy (non-hydrogen) atoms. The van der Waals surface area contributed by atoms with E-state index in [0.29, 0.717) is 21.5 Å². The van der Waals surface area contributed by atoms with E-state index in [9.17, 15) is 4.79 Å². The van der Waals surface area contributed by atoms with E-state index in [1.807, 2.05) is 50.1 Å². The van der Waals surface area contributed by atoms with Gasteiger partial charge in [0, 0.05) is 24.1 Å². The number of hydrogen-bond donors (Lipinski definition) is 0. The third-order valence-corrected chi connectivity index (χ3v) is 4.51. The molecule has 0 amide bonds. The topological polar surface area (TPSA) is 51.1 Å². The number of benzene rings is 2. The molecule has 0 aliphatic rings. The van der Waals surface area contributed by atoms with Crippen LogP contribution in [0.25, 0.3) is 0 Å². The van der Waals surface area contributed by atoms with Gasteiger partial charge in [-0.25, -0.2) is 9.79 Å². The lowest BCUT2D eigenvalue weighted by Crippen LogP contribution is -2.14. The SMILES string of the molecule is CCN(C)C=Nc1cc(OC)c(C(=O)OCc2ccc(C)cc2)cc1Br. The number of methoxy groups -OCH3 is 1. The first-order valence-electron chi connectivity index (χ1n) is 8.29. The predicted molar refractivity (Wildman–Crippen MR) is 107 cm³/mol. The van der Waals surface area contributed by atoms with Crippen LogP contribution in [0, 0.1) is 6.92 Å². The van der Waals surface area contributed by atoms with Crippen molar-refractivity contribution in [3.63, 3.8) is 0 Å². The third kappa shape index (κ3) is 5.33. The largest absolute Gasteiger partial charge is 0.496 e. The van der Waals surface area contributed by atoms with Crippen LogP contribution in [0.1, 0.15) is 28.4 Å². The molecule has 0 aromatic heterocycles. The lowest BCUT2D eigenvalue weighted by atomic mass is 10.1. The molecule has 5 nitrogen and oxygen atoms in total. The molecule has 2 rings (SSSR count). The lowest BCUT2D eigenvalue weighted by molar-refractivity contribution is 0.0469. The first-order chi connectivity index (χ1) is 12.4. The van der Waals surface area contributed by atoms with Gasteiger partial charge in [-0.1, -0.05) is 29.8 Å². The second-order valence-electron chi connectivity index (χ2n) is 5.88. The molecule has 138 valence electrons. The summed E-state index contributed by atoms with van der Waals surface area (Å²) >= 11 is 3.46. The maximum Gasteiger partial charge on any atom is 0.342 e. The standard InChI is InChI=1S/C20H23BrN2O3/c1-5-23(3)13-22-18-11-19(25-4)16(10-17(18)21)20(24)26-12-15-8-6-14(2)7-9-15/h6-11,13H,5,12H2,1-4H3. The van der Waals surface area contributed by atoms with Gasteiger partial charge in [0.25, 0.3) is 0 Å². The summed E-state index contributed by atoms with van der Waals surface area (Å²) < 4.78 is 11.5. The fraction of sp³-hybridized carbons (Fsp3) is 0.300. The number of aliphatic imine (C=N–C) groups is 1. The summed E-state index contributed by atoms with van der Waals surface area (Å²) in [6.07, 6.45) is 1.73. The monoisotopic (exact) mass is 418 g/mol. The van der Waals surface area contributed by atoms with E-state index < -0.39 is 5.97 Å². The normalized spacial score (nSPS) is 10.8. The first kappa shape index (κ1) is 20.0. The van der Waals surface area contributed by atoms with E-state index in [0.717, 1.165) is 17.7 Å². The highest BCUT2D eigenvalue weighted by Gasteiger charge is 2.17. The van der Waals surface area contributed by atoms with Gasteiger partial charge in [-0.05, 0) is 41.4 Å². The average molecular weight is 419 g/mol. The van der Waals surface area contributed by atoms with Crippen LogP contribution in [0.2, 0.25) is 0 Å². The quantitative estimate of drug-likeness (QED) is 0.370. The predicted octanol–water partition coefficient (Wildman–Crippen LogP) is 4.73. The number of aryl methyl sites for hydroxylation is 1. The zero-order chi connectivity index (χ0) is 19.1. The van der Waals surface area contributed by atoms with Crippen LogP contribution >= 0.6 is 15.9 Å². The van der Waals surface area contributed by atoms with E-state index in [4.69, 9.17) is 9.47 Å². The molecule has 2 aromatic carbocycles. The van der Waals surface area contributed by atoms with Gasteiger partial charge < -0.3 is 14.4 Å². The summed E-state index contributed by atoms with van der Waals surface area (Å²) in [6.45, 7) is 5.11. The molecule has 2 aromatic rings. The zero-order valence-corrected chi connectivity index (χ0v) is 17.0. The molecule has 0 aliphatic carbocycles. The van der Waals surface area contributed by atoms with Crippen molar-refractivity contribution in [2.45, 2.75) is 20.5 Å². The summed E-state index contributed by atoms with van der Waals surface area (Å²) in [7, 11) is 3.46. The fourth-order valence-corrected chi connectivity index (χ4v) is 2.57. The van der Waals surface area contributed by atoms with Crippen LogP contribution < -0.4 is 4.74 Å². The Balaban J connectivity index is 2.17. The molecule has 0 spiro atoms. The molecule has 0 saturated carbocycles. The Labute approximate surface area is 162 Å². The molecule has 0 aliphatic heterocycles. The number of carbonyl (C=O) groups is 1. The lowest BCUT2D eigenvalue weighted by Gasteiger charge is -2.12. The number of nitrogens with zero attached hydrogens (tertiary/aromatic N) is 2. The Morgan fingerprint density at radius 2 is 1.96 bits per heavy atom. The second-order valence-corrected chi connectivity index (χ2v) is 6.74. The summed E-state index contributed by atoms with van der Waals surface area (Å²) in [4.78, 5) is 18.8. The molecule has 0 radical (unpaired) electrons. The molecule has 0 atom stereocenters. The van der Waals surface area contributed by atoms with Crippen molar-refractivity contribution in [3.05, 3.63) is 57.6 Å². The van der Waals surface area contributed by atoms with Crippen molar-refractivity contribution in [1.29, 1.82) is 0 Å². The number of ether oxygens (including phenoxy) is 2. The van der Waals surface area contributed by atoms with Gasteiger partial charge in [0.2, 0.25) is 0 Å². The van der Waals surface area contributed by atoms with Crippen LogP contribution in [-0.2, 0) is 11.3 Å². The van der Waals surface area contributed by atoms with Gasteiger partial charge in [-0.2, -0.15) is 0 Å². The number of rotatable bonds is 7. The Morgan fingerprint density at radius 1 is 1.27 bits per heavy atom. The van der Waals surface area contributed by atoms with Gasteiger partial charge in [0.05, 0.1) is 19.1 Å². The first-order valence-corrected chi connectivity index (χ1v) is 9.08. The minimum Gasteiger partial charge on any atom is -0.496 e. The number of hydrogen-bond acceptors (Lipinski definition) is 4. The molecule has 0 fully saturated rings. The molecule has 0 unspecified atom stereocenters. The molecule has 6 heteroatoms. The molecule has 0 heterocycles. The van der Waals surface area contributed by atoms with Gasteiger partial charge in [-0.3, -0.25) is 0 Å². The van der Waals surface area contributed by atoms with Crippen molar-refractivity contribution in [3.8, 4) is 5.75 Å². The fourth-order valence-electron chi connectivity index (χ4n) is 2.12. The Kier molecular flexibility index (Phi) is 7.21. The third-order valence-electron chi connectivity index (χ3n) is 3.87. The highest BCUT2D eigenvalue weighted by molar-refractivity contribution is 9.10. The highest BCUT2D eigenvalue weighted by Crippen LogP contribution is 2.33. The second kappa shape index (κ2) is 9.38. The molecular formula is C20H23BrN2O3. The van der Waals surface area contributed by atoms with Crippen LogP contribution in [0.5, 0.6) is 5.75 Å².